The van der Waals surface area contributed by atoms with Crippen molar-refractivity contribution < 1.29 is 9.59 Å². The van der Waals surface area contributed by atoms with Crippen molar-refractivity contribution >= 4 is 11.8 Å². The van der Waals surface area contributed by atoms with Crippen LogP contribution in [0.5, 0.6) is 0 Å². The molecule has 0 aromatic rings. The highest BCUT2D eigenvalue weighted by Crippen LogP contribution is 2.08. The minimum atomic E-state index is 0.00173. The predicted molar refractivity (Wildman–Crippen MR) is 85.0 cm³/mol. The molecule has 1 fully saturated rings. The maximum atomic E-state index is 12.1. The SMILES string of the molecule is CCCN(CCC)C(=O)CCC(=O)NCC1CCCNC1. The van der Waals surface area contributed by atoms with Gasteiger partial charge < -0.3 is 15.5 Å². The Labute approximate surface area is 128 Å². The summed E-state index contributed by atoms with van der Waals surface area (Å²) in [4.78, 5) is 25.8. The zero-order valence-corrected chi connectivity index (χ0v) is 13.6. The van der Waals surface area contributed by atoms with Gasteiger partial charge in [-0.05, 0) is 44.7 Å². The van der Waals surface area contributed by atoms with Gasteiger partial charge in [-0.2, -0.15) is 0 Å². The monoisotopic (exact) mass is 297 g/mol. The second-order valence-corrected chi connectivity index (χ2v) is 5.90. The highest BCUT2D eigenvalue weighted by molar-refractivity contribution is 5.83. The summed E-state index contributed by atoms with van der Waals surface area (Å²) in [6, 6.07) is 0. The molecule has 1 aliphatic heterocycles. The van der Waals surface area contributed by atoms with Gasteiger partial charge in [0, 0.05) is 32.5 Å². The third-order valence-corrected chi connectivity index (χ3v) is 3.89. The average molecular weight is 297 g/mol. The highest BCUT2D eigenvalue weighted by Gasteiger charge is 2.16. The van der Waals surface area contributed by atoms with Crippen LogP contribution in [-0.2, 0) is 9.59 Å². The van der Waals surface area contributed by atoms with E-state index < -0.39 is 0 Å². The maximum absolute atomic E-state index is 12.1. The van der Waals surface area contributed by atoms with Crippen LogP contribution >= 0.6 is 0 Å². The lowest BCUT2D eigenvalue weighted by Crippen LogP contribution is -2.38. The van der Waals surface area contributed by atoms with E-state index in [1.165, 1.54) is 12.8 Å². The van der Waals surface area contributed by atoms with Crippen LogP contribution in [0.3, 0.4) is 0 Å². The van der Waals surface area contributed by atoms with Crippen LogP contribution in [0.25, 0.3) is 0 Å². The van der Waals surface area contributed by atoms with Gasteiger partial charge in [0.25, 0.3) is 0 Å². The van der Waals surface area contributed by atoms with Crippen molar-refractivity contribution in [3.05, 3.63) is 0 Å². The molecule has 1 unspecified atom stereocenters. The first-order valence-corrected chi connectivity index (χ1v) is 8.42. The molecule has 21 heavy (non-hydrogen) atoms. The molecule has 1 aliphatic rings. The number of piperidine rings is 1. The molecule has 5 nitrogen and oxygen atoms in total. The molecule has 0 aliphatic carbocycles. The molecule has 0 saturated carbocycles. The van der Waals surface area contributed by atoms with Crippen LogP contribution in [0.4, 0.5) is 0 Å². The minimum Gasteiger partial charge on any atom is -0.356 e. The van der Waals surface area contributed by atoms with Gasteiger partial charge >= 0.3 is 0 Å². The van der Waals surface area contributed by atoms with Crippen molar-refractivity contribution in [2.75, 3.05) is 32.7 Å². The molecular weight excluding hydrogens is 266 g/mol. The Morgan fingerprint density at radius 1 is 1.19 bits per heavy atom. The van der Waals surface area contributed by atoms with Gasteiger partial charge in [-0.3, -0.25) is 9.59 Å². The zero-order valence-electron chi connectivity index (χ0n) is 13.6. The van der Waals surface area contributed by atoms with E-state index in [9.17, 15) is 9.59 Å². The Balaban J connectivity index is 2.19. The van der Waals surface area contributed by atoms with Gasteiger partial charge in [-0.15, -0.1) is 0 Å². The third-order valence-electron chi connectivity index (χ3n) is 3.89. The van der Waals surface area contributed by atoms with E-state index in [-0.39, 0.29) is 11.8 Å². The molecule has 0 aromatic carbocycles. The van der Waals surface area contributed by atoms with Crippen molar-refractivity contribution in [1.82, 2.24) is 15.5 Å². The Hall–Kier alpha value is -1.10. The summed E-state index contributed by atoms with van der Waals surface area (Å²) in [7, 11) is 0. The number of nitrogens with one attached hydrogen (secondary N) is 2. The second-order valence-electron chi connectivity index (χ2n) is 5.90. The number of carbonyl (C=O) groups excluding carboxylic acids is 2. The quantitative estimate of drug-likeness (QED) is 0.678. The molecule has 1 atom stereocenters. The first kappa shape index (κ1) is 18.0. The Bertz CT molecular complexity index is 309. The van der Waals surface area contributed by atoms with Crippen molar-refractivity contribution in [2.45, 2.75) is 52.4 Å². The molecule has 1 saturated heterocycles. The van der Waals surface area contributed by atoms with Crippen molar-refractivity contribution in [3.8, 4) is 0 Å². The van der Waals surface area contributed by atoms with Gasteiger partial charge in [0.2, 0.25) is 11.8 Å². The standard InChI is InChI=1S/C16H31N3O2/c1-3-10-19(11-4-2)16(21)8-7-15(20)18-13-14-6-5-9-17-12-14/h14,17H,3-13H2,1-2H3,(H,18,20). The molecule has 122 valence electrons. The third kappa shape index (κ3) is 7.46. The van der Waals surface area contributed by atoms with E-state index in [1.54, 1.807) is 0 Å². The normalized spacial score (nSPS) is 18.3. The van der Waals surface area contributed by atoms with Gasteiger partial charge in [0.15, 0.2) is 0 Å². The Morgan fingerprint density at radius 3 is 2.48 bits per heavy atom. The molecule has 1 rings (SSSR count). The fourth-order valence-electron chi connectivity index (χ4n) is 2.72. The smallest absolute Gasteiger partial charge is 0.223 e. The summed E-state index contributed by atoms with van der Waals surface area (Å²) < 4.78 is 0. The number of nitrogens with zero attached hydrogens (tertiary/aromatic N) is 1. The fourth-order valence-corrected chi connectivity index (χ4v) is 2.72. The Kier molecular flexibility index (Phi) is 9.06. The first-order chi connectivity index (χ1) is 10.2. The number of amides is 2. The zero-order chi connectivity index (χ0) is 15.5. The molecule has 0 aromatic heterocycles. The van der Waals surface area contributed by atoms with Crippen LogP contribution in [0.2, 0.25) is 0 Å². The van der Waals surface area contributed by atoms with E-state index in [0.29, 0.717) is 18.8 Å². The van der Waals surface area contributed by atoms with Crippen molar-refractivity contribution in [3.63, 3.8) is 0 Å². The maximum Gasteiger partial charge on any atom is 0.223 e. The summed E-state index contributed by atoms with van der Waals surface area (Å²) in [6.07, 6.45) is 4.92. The summed E-state index contributed by atoms with van der Waals surface area (Å²) in [5.74, 6) is 0.644. The molecular formula is C16H31N3O2. The molecule has 5 heteroatoms. The number of carbonyl (C=O) groups is 2. The molecule has 0 radical (unpaired) electrons. The lowest BCUT2D eigenvalue weighted by molar-refractivity contribution is -0.133. The number of hydrogen-bond donors (Lipinski definition) is 2. The van der Waals surface area contributed by atoms with E-state index in [1.807, 2.05) is 4.90 Å². The molecule has 2 amide bonds. The summed E-state index contributed by atoms with van der Waals surface area (Å²) >= 11 is 0. The van der Waals surface area contributed by atoms with Crippen molar-refractivity contribution in [1.29, 1.82) is 0 Å². The topological polar surface area (TPSA) is 61.4 Å². The molecule has 0 bridgehead atoms. The number of hydrogen-bond acceptors (Lipinski definition) is 3. The van der Waals surface area contributed by atoms with E-state index in [0.717, 1.165) is 45.6 Å². The lowest BCUT2D eigenvalue weighted by Gasteiger charge is -2.23. The number of rotatable bonds is 9. The van der Waals surface area contributed by atoms with Gasteiger partial charge in [0.05, 0.1) is 0 Å². The average Bonchev–Trinajstić information content (AvgIpc) is 2.51. The molecule has 1 heterocycles. The van der Waals surface area contributed by atoms with E-state index in [2.05, 4.69) is 24.5 Å². The van der Waals surface area contributed by atoms with Crippen LogP contribution in [0.1, 0.15) is 52.4 Å². The Morgan fingerprint density at radius 2 is 1.90 bits per heavy atom. The predicted octanol–water partition coefficient (Wildman–Crippen LogP) is 1.53. The van der Waals surface area contributed by atoms with Crippen molar-refractivity contribution in [2.24, 2.45) is 5.92 Å². The minimum absolute atomic E-state index is 0.00173. The lowest BCUT2D eigenvalue weighted by atomic mass is 10.00. The summed E-state index contributed by atoms with van der Waals surface area (Å²) in [5, 5.41) is 6.30. The van der Waals surface area contributed by atoms with Crippen LogP contribution < -0.4 is 10.6 Å². The van der Waals surface area contributed by atoms with E-state index in [4.69, 9.17) is 0 Å². The molecule has 2 N–H and O–H groups in total. The van der Waals surface area contributed by atoms with Gasteiger partial charge in [-0.25, -0.2) is 0 Å². The van der Waals surface area contributed by atoms with E-state index >= 15 is 0 Å². The highest BCUT2D eigenvalue weighted by atomic mass is 16.2. The largest absolute Gasteiger partial charge is 0.356 e. The summed E-state index contributed by atoms with van der Waals surface area (Å²) in [5.41, 5.74) is 0. The molecule has 0 spiro atoms. The van der Waals surface area contributed by atoms with Crippen LogP contribution in [0.15, 0.2) is 0 Å². The van der Waals surface area contributed by atoms with Crippen LogP contribution in [-0.4, -0.2) is 49.4 Å². The second kappa shape index (κ2) is 10.6. The van der Waals surface area contributed by atoms with Gasteiger partial charge in [0.1, 0.15) is 0 Å². The summed E-state index contributed by atoms with van der Waals surface area (Å²) in [6.45, 7) is 8.53. The van der Waals surface area contributed by atoms with Crippen LogP contribution in [0, 0.1) is 5.92 Å². The first-order valence-electron chi connectivity index (χ1n) is 8.42. The fraction of sp³-hybridized carbons (Fsp3) is 0.875. The van der Waals surface area contributed by atoms with Gasteiger partial charge in [-0.1, -0.05) is 13.8 Å².